The predicted molar refractivity (Wildman–Crippen MR) is 100.0 cm³/mol. The van der Waals surface area contributed by atoms with Gasteiger partial charge in [-0.15, -0.1) is 0 Å². The zero-order valence-corrected chi connectivity index (χ0v) is 16.6. The van der Waals surface area contributed by atoms with E-state index in [1.165, 1.54) is 13.2 Å². The normalized spacial score (nSPS) is 12.1. The number of rotatable bonds is 9. The molecule has 0 unspecified atom stereocenters. The van der Waals surface area contributed by atoms with Gasteiger partial charge in [0.15, 0.2) is 11.5 Å². The van der Waals surface area contributed by atoms with Crippen LogP contribution in [0.1, 0.15) is 11.1 Å². The van der Waals surface area contributed by atoms with Gasteiger partial charge in [0.2, 0.25) is 0 Å². The zero-order chi connectivity index (χ0) is 22.5. The highest BCUT2D eigenvalue weighted by atomic mass is 35.5. The van der Waals surface area contributed by atoms with Crippen molar-refractivity contribution in [2.45, 2.75) is 19.1 Å². The van der Waals surface area contributed by atoms with E-state index in [1.807, 2.05) is 0 Å². The van der Waals surface area contributed by atoms with Gasteiger partial charge in [0.1, 0.15) is 19.5 Å². The summed E-state index contributed by atoms with van der Waals surface area (Å²) in [5, 5.41) is 11.8. The van der Waals surface area contributed by atoms with Crippen molar-refractivity contribution >= 4 is 34.9 Å². The van der Waals surface area contributed by atoms with Crippen LogP contribution >= 0.6 is 23.2 Å². The molecule has 0 heterocycles. The number of carbonyl (C=O) groups is 1. The average Bonchev–Trinajstić information content (AvgIpc) is 2.67. The number of carboxylic acid groups (broad SMARTS) is 1. The first-order valence-corrected chi connectivity index (χ1v) is 8.72. The Labute approximate surface area is 177 Å². The van der Waals surface area contributed by atoms with E-state index in [4.69, 9.17) is 27.9 Å². The summed E-state index contributed by atoms with van der Waals surface area (Å²) in [6.45, 7) is -0.188. The van der Waals surface area contributed by atoms with Crippen LogP contribution in [0.25, 0.3) is 0 Å². The predicted octanol–water partition coefficient (Wildman–Crippen LogP) is 5.24. The molecule has 162 valence electrons. The van der Waals surface area contributed by atoms with Gasteiger partial charge >= 0.3 is 18.5 Å². The van der Waals surface area contributed by atoms with Crippen LogP contribution in [0.5, 0.6) is 11.5 Å². The summed E-state index contributed by atoms with van der Waals surface area (Å²) in [5.41, 5.74) is 0.235. The summed E-state index contributed by atoms with van der Waals surface area (Å²) >= 11 is 11.6. The lowest BCUT2D eigenvalue weighted by Gasteiger charge is -2.19. The Kier molecular flexibility index (Phi) is 7.74. The number of hydrogen-bond acceptors (Lipinski definition) is 5. The molecule has 0 fully saturated rings. The molecule has 2 aromatic rings. The van der Waals surface area contributed by atoms with E-state index >= 15 is 0 Å². The SMILES string of the molecule is CO/N=C(/C(=O)O)c1ccccc1COc1cc(Cl)c(OC(F)(F)C(F)F)c(Cl)c1. The van der Waals surface area contributed by atoms with E-state index in [-0.39, 0.29) is 23.6 Å². The Morgan fingerprint density at radius 2 is 1.80 bits per heavy atom. The summed E-state index contributed by atoms with van der Waals surface area (Å²) in [5.74, 6) is -2.18. The molecular weight excluding hydrogens is 457 g/mol. The fraction of sp³-hybridized carbons (Fsp3) is 0.222. The van der Waals surface area contributed by atoms with Crippen LogP contribution in [0.15, 0.2) is 41.6 Å². The minimum Gasteiger partial charge on any atom is -0.489 e. The Balaban J connectivity index is 2.26. The highest BCUT2D eigenvalue weighted by Gasteiger charge is 2.45. The minimum atomic E-state index is -4.79. The highest BCUT2D eigenvalue weighted by molar-refractivity contribution is 6.42. The van der Waals surface area contributed by atoms with Crippen LogP contribution < -0.4 is 9.47 Å². The third-order valence-electron chi connectivity index (χ3n) is 3.52. The van der Waals surface area contributed by atoms with Crippen LogP contribution in [-0.4, -0.2) is 36.4 Å². The van der Waals surface area contributed by atoms with Crippen molar-refractivity contribution in [3.63, 3.8) is 0 Å². The van der Waals surface area contributed by atoms with Gasteiger partial charge in [-0.25, -0.2) is 4.79 Å². The van der Waals surface area contributed by atoms with Crippen LogP contribution in [0, 0.1) is 0 Å². The molecule has 0 atom stereocenters. The Morgan fingerprint density at radius 1 is 1.20 bits per heavy atom. The molecule has 12 heteroatoms. The molecule has 6 nitrogen and oxygen atoms in total. The van der Waals surface area contributed by atoms with Crippen molar-refractivity contribution in [1.82, 2.24) is 0 Å². The van der Waals surface area contributed by atoms with Gasteiger partial charge < -0.3 is 19.4 Å². The van der Waals surface area contributed by atoms with E-state index < -0.39 is 34.3 Å². The number of oxime groups is 1. The molecule has 0 aliphatic heterocycles. The minimum absolute atomic E-state index is 0.00642. The van der Waals surface area contributed by atoms with Crippen LogP contribution in [0.2, 0.25) is 10.0 Å². The van der Waals surface area contributed by atoms with E-state index in [0.717, 1.165) is 12.1 Å². The molecule has 2 aromatic carbocycles. The number of carboxylic acids is 1. The number of aliphatic carboxylic acids is 1. The third-order valence-corrected chi connectivity index (χ3v) is 4.08. The number of hydrogen-bond donors (Lipinski definition) is 1. The van der Waals surface area contributed by atoms with Crippen molar-refractivity contribution in [3.05, 3.63) is 57.6 Å². The Hall–Kier alpha value is -2.72. The lowest BCUT2D eigenvalue weighted by Crippen LogP contribution is -2.33. The first-order chi connectivity index (χ1) is 14.1. The fourth-order valence-corrected chi connectivity index (χ4v) is 2.78. The molecule has 30 heavy (non-hydrogen) atoms. The van der Waals surface area contributed by atoms with Crippen molar-refractivity contribution < 1.29 is 41.8 Å². The van der Waals surface area contributed by atoms with Crippen LogP contribution in [0.3, 0.4) is 0 Å². The molecule has 0 amide bonds. The number of halogens is 6. The molecule has 0 aliphatic carbocycles. The van der Waals surface area contributed by atoms with E-state index in [9.17, 15) is 27.5 Å². The monoisotopic (exact) mass is 469 g/mol. The molecule has 0 aromatic heterocycles. The fourth-order valence-electron chi connectivity index (χ4n) is 2.23. The standard InChI is InChI=1S/C18H13Cl2F4NO5/c1-28-25-14(16(26)27)11-5-3-2-4-9(11)8-29-10-6-12(19)15(13(20)7-10)30-18(23,24)17(21)22/h2-7,17H,8H2,1H3,(H,26,27)/b25-14+. The maximum atomic E-state index is 13.1. The number of ether oxygens (including phenoxy) is 2. The van der Waals surface area contributed by atoms with Crippen molar-refractivity contribution in [1.29, 1.82) is 0 Å². The molecule has 0 bridgehead atoms. The second-order valence-electron chi connectivity index (χ2n) is 5.55. The van der Waals surface area contributed by atoms with Crippen LogP contribution in [0.4, 0.5) is 17.6 Å². The Morgan fingerprint density at radius 3 is 2.33 bits per heavy atom. The third kappa shape index (κ3) is 5.67. The first kappa shape index (κ1) is 23.6. The van der Waals surface area contributed by atoms with Gasteiger partial charge in [0.25, 0.3) is 0 Å². The number of nitrogens with zero attached hydrogens (tertiary/aromatic N) is 1. The van der Waals surface area contributed by atoms with Gasteiger partial charge in [-0.3, -0.25) is 0 Å². The molecule has 0 aliphatic rings. The molecule has 0 saturated heterocycles. The quantitative estimate of drug-likeness (QED) is 0.308. The van der Waals surface area contributed by atoms with Crippen molar-refractivity contribution in [2.24, 2.45) is 5.16 Å². The summed E-state index contributed by atoms with van der Waals surface area (Å²) in [6.07, 6.45) is -8.88. The lowest BCUT2D eigenvalue weighted by molar-refractivity contribution is -0.253. The van der Waals surface area contributed by atoms with Gasteiger partial charge in [0, 0.05) is 17.7 Å². The second kappa shape index (κ2) is 9.86. The Bertz CT molecular complexity index is 933. The largest absolute Gasteiger partial charge is 0.489 e. The zero-order valence-electron chi connectivity index (χ0n) is 15.0. The van der Waals surface area contributed by atoms with Crippen molar-refractivity contribution in [2.75, 3.05) is 7.11 Å². The van der Waals surface area contributed by atoms with Gasteiger partial charge in [-0.2, -0.15) is 17.6 Å². The lowest BCUT2D eigenvalue weighted by atomic mass is 10.0. The number of benzene rings is 2. The van der Waals surface area contributed by atoms with Gasteiger partial charge in [-0.1, -0.05) is 52.6 Å². The maximum Gasteiger partial charge on any atom is 0.461 e. The van der Waals surface area contributed by atoms with Crippen LogP contribution in [-0.2, 0) is 16.2 Å². The van der Waals surface area contributed by atoms with E-state index in [2.05, 4.69) is 14.7 Å². The molecule has 2 rings (SSSR count). The van der Waals surface area contributed by atoms with E-state index in [1.54, 1.807) is 18.2 Å². The molecule has 0 saturated carbocycles. The molecular formula is C18H13Cl2F4NO5. The second-order valence-corrected chi connectivity index (χ2v) is 6.37. The maximum absolute atomic E-state index is 13.1. The highest BCUT2D eigenvalue weighted by Crippen LogP contribution is 2.40. The first-order valence-electron chi connectivity index (χ1n) is 7.96. The van der Waals surface area contributed by atoms with E-state index in [0.29, 0.717) is 5.56 Å². The molecule has 0 radical (unpaired) electrons. The summed E-state index contributed by atoms with van der Waals surface area (Å²) < 4.78 is 60.3. The smallest absolute Gasteiger partial charge is 0.461 e. The summed E-state index contributed by atoms with van der Waals surface area (Å²) in [4.78, 5) is 15.9. The van der Waals surface area contributed by atoms with Gasteiger partial charge in [-0.05, 0) is 5.56 Å². The number of alkyl halides is 4. The van der Waals surface area contributed by atoms with Gasteiger partial charge in [0.05, 0.1) is 10.0 Å². The summed E-state index contributed by atoms with van der Waals surface area (Å²) in [7, 11) is 1.19. The summed E-state index contributed by atoms with van der Waals surface area (Å²) in [6, 6.07) is 8.32. The average molecular weight is 470 g/mol. The molecule has 0 spiro atoms. The molecule has 1 N–H and O–H groups in total. The topological polar surface area (TPSA) is 77.4 Å². The van der Waals surface area contributed by atoms with Crippen molar-refractivity contribution in [3.8, 4) is 11.5 Å².